The topological polar surface area (TPSA) is 94.3 Å². The van der Waals surface area contributed by atoms with Crippen LogP contribution in [0.1, 0.15) is 16.1 Å². The molecule has 0 atom stereocenters. The number of carbonyl (C=O) groups excluding carboxylic acids is 1. The number of ether oxygens (including phenoxy) is 1. The minimum absolute atomic E-state index is 0.137. The first-order chi connectivity index (χ1) is 12.6. The van der Waals surface area contributed by atoms with E-state index in [2.05, 4.69) is 61.5 Å². The number of esters is 1. The average molecular weight is 366 g/mol. The molecule has 1 N–H and O–H groups in total. The van der Waals surface area contributed by atoms with E-state index in [0.717, 1.165) is 16.2 Å². The van der Waals surface area contributed by atoms with E-state index in [9.17, 15) is 4.79 Å². The van der Waals surface area contributed by atoms with E-state index in [1.807, 2.05) is 5.38 Å². The van der Waals surface area contributed by atoms with Crippen molar-refractivity contribution < 1.29 is 9.53 Å². The first-order valence-electron chi connectivity index (χ1n) is 7.74. The lowest BCUT2D eigenvalue weighted by atomic mass is 10.1. The lowest BCUT2D eigenvalue weighted by Crippen LogP contribution is -2.06. The fourth-order valence-corrected chi connectivity index (χ4v) is 3.22. The van der Waals surface area contributed by atoms with Gasteiger partial charge < -0.3 is 10.1 Å². The van der Waals surface area contributed by atoms with Gasteiger partial charge in [-0.05, 0) is 19.1 Å². The Morgan fingerprint density at radius 2 is 1.96 bits per heavy atom. The second-order valence-electron chi connectivity index (χ2n) is 5.54. The predicted molar refractivity (Wildman–Crippen MR) is 97.7 cm³/mol. The zero-order valence-electron chi connectivity index (χ0n) is 14.0. The summed E-state index contributed by atoms with van der Waals surface area (Å²) >= 11 is 1.51. The van der Waals surface area contributed by atoms with Crippen LogP contribution in [0, 0.1) is 6.92 Å². The van der Waals surface area contributed by atoms with Gasteiger partial charge in [0.25, 0.3) is 0 Å². The molecule has 0 spiro atoms. The molecule has 8 nitrogen and oxygen atoms in total. The molecule has 9 heteroatoms. The molecule has 0 amide bonds. The molecule has 26 heavy (non-hydrogen) atoms. The van der Waals surface area contributed by atoms with Crippen molar-refractivity contribution in [3.05, 3.63) is 53.0 Å². The number of nitrogens with zero attached hydrogens (tertiary/aromatic N) is 5. The molecule has 130 valence electrons. The van der Waals surface area contributed by atoms with Crippen LogP contribution in [-0.4, -0.2) is 37.9 Å². The van der Waals surface area contributed by atoms with Crippen LogP contribution < -0.4 is 5.32 Å². The zero-order chi connectivity index (χ0) is 18.1. The molecule has 0 saturated heterocycles. The summed E-state index contributed by atoms with van der Waals surface area (Å²) in [5, 5.41) is 17.3. The normalized spacial score (nSPS) is 10.8. The number of aryl methyl sites for hydroxylation is 1. The van der Waals surface area contributed by atoms with Gasteiger partial charge in [0.2, 0.25) is 10.9 Å². The molecule has 3 aromatic heterocycles. The number of rotatable bonds is 4. The number of thiazole rings is 1. The number of benzene rings is 1. The molecule has 0 aliphatic carbocycles. The minimum Gasteiger partial charge on any atom is -0.464 e. The first kappa shape index (κ1) is 16.2. The average Bonchev–Trinajstić information content (AvgIpc) is 3.22. The Balaban J connectivity index is 1.60. The Labute approximate surface area is 152 Å². The Morgan fingerprint density at radius 3 is 2.65 bits per heavy atom. The smallest absolute Gasteiger partial charge is 0.358 e. The number of hydrogen-bond acceptors (Lipinski definition) is 8. The molecule has 0 aliphatic rings. The molecule has 0 radical (unpaired) electrons. The van der Waals surface area contributed by atoms with E-state index in [1.54, 1.807) is 10.6 Å². The third kappa shape index (κ3) is 3.00. The van der Waals surface area contributed by atoms with Gasteiger partial charge in [-0.15, -0.1) is 26.6 Å². The van der Waals surface area contributed by atoms with Crippen LogP contribution in [0.25, 0.3) is 16.2 Å². The van der Waals surface area contributed by atoms with E-state index in [-0.39, 0.29) is 5.69 Å². The first-order valence-corrected chi connectivity index (χ1v) is 8.62. The van der Waals surface area contributed by atoms with Crippen molar-refractivity contribution in [2.45, 2.75) is 6.92 Å². The van der Waals surface area contributed by atoms with E-state index < -0.39 is 5.97 Å². The highest BCUT2D eigenvalue weighted by molar-refractivity contribution is 7.15. The number of carbonyl (C=O) groups is 1. The van der Waals surface area contributed by atoms with E-state index in [0.29, 0.717) is 11.8 Å². The van der Waals surface area contributed by atoms with Gasteiger partial charge in [-0.3, -0.25) is 0 Å². The maximum Gasteiger partial charge on any atom is 0.358 e. The van der Waals surface area contributed by atoms with Gasteiger partial charge in [-0.1, -0.05) is 29.8 Å². The number of fused-ring (bicyclic) bond motifs is 1. The highest BCUT2D eigenvalue weighted by Crippen LogP contribution is 2.26. The van der Waals surface area contributed by atoms with E-state index >= 15 is 0 Å². The SMILES string of the molecule is COC(=O)c1ccc(Nc2nc3scc(-c4ccc(C)cc4)n3n2)nn1. The molecule has 0 bridgehead atoms. The Hall–Kier alpha value is -3.33. The highest BCUT2D eigenvalue weighted by Gasteiger charge is 2.13. The Bertz CT molecular complexity index is 1070. The standard InChI is InChI=1S/C17H14N6O2S/c1-10-3-5-11(6-4-10)13-9-26-17-19-16(22-23(13)17)18-14-8-7-12(20-21-14)15(24)25-2/h3-9H,1-2H3,(H,18,21,22). The van der Waals surface area contributed by atoms with Gasteiger partial charge >= 0.3 is 5.97 Å². The van der Waals surface area contributed by atoms with Crippen molar-refractivity contribution in [2.75, 3.05) is 12.4 Å². The van der Waals surface area contributed by atoms with Crippen molar-refractivity contribution in [3.8, 4) is 11.3 Å². The lowest BCUT2D eigenvalue weighted by Gasteiger charge is -2.01. The third-order valence-corrected chi connectivity index (χ3v) is 4.54. The van der Waals surface area contributed by atoms with E-state index in [4.69, 9.17) is 0 Å². The number of aromatic nitrogens is 5. The summed E-state index contributed by atoms with van der Waals surface area (Å²) in [5.74, 6) is 0.311. The van der Waals surface area contributed by atoms with Crippen LogP contribution in [0.15, 0.2) is 41.8 Å². The van der Waals surface area contributed by atoms with Crippen molar-refractivity contribution >= 4 is 34.0 Å². The number of nitrogens with one attached hydrogen (secondary N) is 1. The summed E-state index contributed by atoms with van der Waals surface area (Å²) < 4.78 is 6.38. The summed E-state index contributed by atoms with van der Waals surface area (Å²) in [5.41, 5.74) is 3.38. The number of methoxy groups -OCH3 is 1. The summed E-state index contributed by atoms with van der Waals surface area (Å²) in [7, 11) is 1.30. The molecule has 4 rings (SSSR count). The molecule has 0 fully saturated rings. The van der Waals surface area contributed by atoms with E-state index in [1.165, 1.54) is 30.1 Å². The Morgan fingerprint density at radius 1 is 1.15 bits per heavy atom. The number of hydrogen-bond donors (Lipinski definition) is 1. The molecule has 0 saturated carbocycles. The molecule has 0 unspecified atom stereocenters. The maximum atomic E-state index is 11.4. The van der Waals surface area contributed by atoms with Gasteiger partial charge in [0.05, 0.1) is 12.8 Å². The van der Waals surface area contributed by atoms with Crippen molar-refractivity contribution in [1.82, 2.24) is 24.8 Å². The predicted octanol–water partition coefficient (Wildman–Crippen LogP) is 3.09. The van der Waals surface area contributed by atoms with Crippen LogP contribution >= 0.6 is 11.3 Å². The summed E-state index contributed by atoms with van der Waals surface area (Å²) in [6.07, 6.45) is 0. The molecular weight excluding hydrogens is 352 g/mol. The van der Waals surface area contributed by atoms with Gasteiger partial charge in [0.15, 0.2) is 11.5 Å². The van der Waals surface area contributed by atoms with Crippen LogP contribution in [-0.2, 0) is 4.74 Å². The van der Waals surface area contributed by atoms with Crippen LogP contribution in [0.3, 0.4) is 0 Å². The largest absolute Gasteiger partial charge is 0.464 e. The zero-order valence-corrected chi connectivity index (χ0v) is 14.8. The fourth-order valence-electron chi connectivity index (χ4n) is 2.38. The van der Waals surface area contributed by atoms with Gasteiger partial charge in [-0.2, -0.15) is 4.98 Å². The second-order valence-corrected chi connectivity index (χ2v) is 6.37. The molecule has 1 aromatic carbocycles. The Kier molecular flexibility index (Phi) is 4.05. The van der Waals surface area contributed by atoms with Gasteiger partial charge in [-0.25, -0.2) is 9.31 Å². The summed E-state index contributed by atoms with van der Waals surface area (Å²) in [6, 6.07) is 11.4. The third-order valence-electron chi connectivity index (χ3n) is 3.73. The molecule has 4 aromatic rings. The quantitative estimate of drug-likeness (QED) is 0.555. The van der Waals surface area contributed by atoms with Crippen molar-refractivity contribution in [3.63, 3.8) is 0 Å². The van der Waals surface area contributed by atoms with Crippen molar-refractivity contribution in [2.24, 2.45) is 0 Å². The van der Waals surface area contributed by atoms with Crippen molar-refractivity contribution in [1.29, 1.82) is 0 Å². The molecular formula is C17H14N6O2S. The monoisotopic (exact) mass is 366 g/mol. The summed E-state index contributed by atoms with van der Waals surface area (Å²) in [6.45, 7) is 2.05. The minimum atomic E-state index is -0.535. The van der Waals surface area contributed by atoms with Gasteiger partial charge in [0, 0.05) is 10.9 Å². The highest BCUT2D eigenvalue weighted by atomic mass is 32.1. The van der Waals surface area contributed by atoms with Crippen LogP contribution in [0.2, 0.25) is 0 Å². The second kappa shape index (κ2) is 6.52. The molecule has 3 heterocycles. The fraction of sp³-hybridized carbons (Fsp3) is 0.118. The van der Waals surface area contributed by atoms with Crippen LogP contribution in [0.5, 0.6) is 0 Å². The summed E-state index contributed by atoms with van der Waals surface area (Å²) in [4.78, 5) is 16.6. The van der Waals surface area contributed by atoms with Gasteiger partial charge in [0.1, 0.15) is 0 Å². The maximum absolute atomic E-state index is 11.4. The number of anilines is 2. The molecule has 0 aliphatic heterocycles. The van der Waals surface area contributed by atoms with Crippen LogP contribution in [0.4, 0.5) is 11.8 Å². The lowest BCUT2D eigenvalue weighted by molar-refractivity contribution is 0.0593.